The smallest absolute Gasteiger partial charge is 0.162 e. The zero-order valence-corrected chi connectivity index (χ0v) is 19.3. The molecule has 4 N–H and O–H groups in total. The van der Waals surface area contributed by atoms with E-state index in [1.54, 1.807) is 0 Å². The van der Waals surface area contributed by atoms with Gasteiger partial charge < -0.3 is 15.3 Å². The highest BCUT2D eigenvalue weighted by molar-refractivity contribution is 7.80. The van der Waals surface area contributed by atoms with Gasteiger partial charge in [0.15, 0.2) is 6.23 Å². The number of nitrogens with one attached hydrogen (secondary N) is 3. The minimum absolute atomic E-state index is 0.305. The van der Waals surface area contributed by atoms with Crippen LogP contribution in [0.4, 0.5) is 5.69 Å². The van der Waals surface area contributed by atoms with Crippen LogP contribution in [0.25, 0.3) is 0 Å². The third-order valence-electron chi connectivity index (χ3n) is 5.92. The molecule has 0 radical (unpaired) electrons. The van der Waals surface area contributed by atoms with Gasteiger partial charge in [0.2, 0.25) is 0 Å². The SMILES string of the molecule is CN1c2ccc(Cl)cc2C(c2ccccc2)=NC(NC(S)NCC2CCCNC2)C1O. The molecule has 0 aliphatic carbocycles. The highest BCUT2D eigenvalue weighted by Crippen LogP contribution is 2.31. The van der Waals surface area contributed by atoms with Gasteiger partial charge in [0, 0.05) is 35.4 Å². The third kappa shape index (κ3) is 5.42. The first kappa shape index (κ1) is 22.6. The van der Waals surface area contributed by atoms with Crippen molar-refractivity contribution in [1.82, 2.24) is 16.0 Å². The number of piperidine rings is 1. The molecule has 6 nitrogen and oxygen atoms in total. The van der Waals surface area contributed by atoms with Crippen molar-refractivity contribution in [3.63, 3.8) is 0 Å². The van der Waals surface area contributed by atoms with Gasteiger partial charge in [0.25, 0.3) is 0 Å². The number of halogens is 1. The van der Waals surface area contributed by atoms with E-state index in [0.717, 1.165) is 42.2 Å². The number of aliphatic hydroxyl groups excluding tert-OH is 1. The zero-order valence-electron chi connectivity index (χ0n) is 17.6. The summed E-state index contributed by atoms with van der Waals surface area (Å²) in [4.78, 5) is 6.78. The number of aliphatic hydroxyl groups is 1. The summed E-state index contributed by atoms with van der Waals surface area (Å²) in [6.45, 7) is 2.98. The third-order valence-corrected chi connectivity index (χ3v) is 6.48. The number of benzene rings is 2. The first-order valence-electron chi connectivity index (χ1n) is 10.7. The van der Waals surface area contributed by atoms with Crippen LogP contribution in [-0.2, 0) is 0 Å². The fourth-order valence-corrected chi connectivity index (χ4v) is 4.61. The molecule has 0 saturated carbocycles. The maximum absolute atomic E-state index is 11.1. The number of hydrogen-bond acceptors (Lipinski definition) is 7. The number of thiol groups is 1. The number of anilines is 1. The van der Waals surface area contributed by atoms with E-state index in [9.17, 15) is 5.11 Å². The van der Waals surface area contributed by atoms with Gasteiger partial charge in [-0.2, -0.15) is 0 Å². The number of hydrogen-bond donors (Lipinski definition) is 5. The maximum Gasteiger partial charge on any atom is 0.162 e. The minimum Gasteiger partial charge on any atom is -0.370 e. The van der Waals surface area contributed by atoms with E-state index < -0.39 is 12.4 Å². The Bertz CT molecular complexity index is 906. The van der Waals surface area contributed by atoms with Crippen LogP contribution in [0, 0.1) is 5.92 Å². The standard InChI is InChI=1S/C23H30ClN5OS/c1-29-19-10-9-17(24)12-18(19)20(16-7-3-2-4-8-16)27-21(22(29)30)28-23(31)26-14-15-6-5-11-25-13-15/h2-4,7-10,12,15,21-23,25-26,28,30-31H,5-6,11,13-14H2,1H3. The molecule has 4 unspecified atom stereocenters. The van der Waals surface area contributed by atoms with Crippen LogP contribution in [0.5, 0.6) is 0 Å². The van der Waals surface area contributed by atoms with Crippen molar-refractivity contribution in [3.05, 3.63) is 64.7 Å². The van der Waals surface area contributed by atoms with Crippen LogP contribution >= 0.6 is 24.2 Å². The van der Waals surface area contributed by atoms with E-state index in [0.29, 0.717) is 10.9 Å². The second kappa shape index (κ2) is 10.3. The number of likely N-dealkylation sites (N-methyl/N-ethyl adjacent to an activating group) is 1. The van der Waals surface area contributed by atoms with Crippen LogP contribution in [0.3, 0.4) is 0 Å². The lowest BCUT2D eigenvalue weighted by Crippen LogP contribution is -2.53. The zero-order chi connectivity index (χ0) is 21.8. The Hall–Kier alpha value is -1.61. The Morgan fingerprint density at radius 3 is 2.84 bits per heavy atom. The molecule has 0 amide bonds. The van der Waals surface area contributed by atoms with E-state index in [1.165, 1.54) is 12.8 Å². The summed E-state index contributed by atoms with van der Waals surface area (Å²) in [5.41, 5.74) is 3.22. The van der Waals surface area contributed by atoms with Gasteiger partial charge >= 0.3 is 0 Å². The molecule has 2 aliphatic heterocycles. The predicted molar refractivity (Wildman–Crippen MR) is 131 cm³/mol. The van der Waals surface area contributed by atoms with Gasteiger partial charge in [0.1, 0.15) is 11.7 Å². The summed E-state index contributed by atoms with van der Waals surface area (Å²) in [6, 6.07) is 15.6. The molecule has 2 aromatic rings. The first-order valence-corrected chi connectivity index (χ1v) is 11.6. The Balaban J connectivity index is 1.59. The van der Waals surface area contributed by atoms with Crippen LogP contribution in [-0.4, -0.2) is 55.4 Å². The summed E-state index contributed by atoms with van der Waals surface area (Å²) in [5, 5.41) is 22.0. The van der Waals surface area contributed by atoms with E-state index in [1.807, 2.05) is 60.5 Å². The van der Waals surface area contributed by atoms with Crippen molar-refractivity contribution in [2.45, 2.75) is 30.7 Å². The van der Waals surface area contributed by atoms with Crippen LogP contribution in [0.15, 0.2) is 53.5 Å². The summed E-state index contributed by atoms with van der Waals surface area (Å²) in [5.74, 6) is 0.585. The molecule has 31 heavy (non-hydrogen) atoms. The van der Waals surface area contributed by atoms with E-state index in [4.69, 9.17) is 16.6 Å². The number of aliphatic imine (C=N–C) groups is 1. The number of fused-ring (bicyclic) bond motifs is 1. The molecular weight excluding hydrogens is 430 g/mol. The van der Waals surface area contributed by atoms with Crippen molar-refractivity contribution >= 4 is 35.6 Å². The number of rotatable bonds is 6. The van der Waals surface area contributed by atoms with Crippen molar-refractivity contribution in [3.8, 4) is 0 Å². The quantitative estimate of drug-likeness (QED) is 0.339. The average molecular weight is 460 g/mol. The summed E-state index contributed by atoms with van der Waals surface area (Å²) in [7, 11) is 1.87. The largest absolute Gasteiger partial charge is 0.370 e. The highest BCUT2D eigenvalue weighted by Gasteiger charge is 2.31. The Labute approximate surface area is 194 Å². The van der Waals surface area contributed by atoms with Gasteiger partial charge in [-0.3, -0.25) is 15.6 Å². The van der Waals surface area contributed by atoms with Gasteiger partial charge in [-0.15, -0.1) is 12.6 Å². The monoisotopic (exact) mass is 459 g/mol. The van der Waals surface area contributed by atoms with Crippen LogP contribution in [0.2, 0.25) is 5.02 Å². The minimum atomic E-state index is -0.867. The molecule has 0 bridgehead atoms. The number of nitrogens with zero attached hydrogens (tertiary/aromatic N) is 2. The molecule has 166 valence electrons. The van der Waals surface area contributed by atoms with Gasteiger partial charge in [-0.05, 0) is 50.0 Å². The predicted octanol–water partition coefficient (Wildman–Crippen LogP) is 2.66. The van der Waals surface area contributed by atoms with Crippen LogP contribution in [0.1, 0.15) is 24.0 Å². The maximum atomic E-state index is 11.1. The molecule has 2 aliphatic rings. The molecule has 8 heteroatoms. The molecule has 4 atom stereocenters. The summed E-state index contributed by atoms with van der Waals surface area (Å²) < 4.78 is 0. The molecule has 2 heterocycles. The fourth-order valence-electron chi connectivity index (χ4n) is 4.18. The van der Waals surface area contributed by atoms with E-state index >= 15 is 0 Å². The Kier molecular flexibility index (Phi) is 7.53. The fraction of sp³-hybridized carbons (Fsp3) is 0.435. The Morgan fingerprint density at radius 1 is 1.29 bits per heavy atom. The van der Waals surface area contributed by atoms with Crippen molar-refractivity contribution < 1.29 is 5.11 Å². The van der Waals surface area contributed by atoms with Crippen molar-refractivity contribution in [2.24, 2.45) is 10.9 Å². The van der Waals surface area contributed by atoms with Gasteiger partial charge in [-0.25, -0.2) is 0 Å². The lowest BCUT2D eigenvalue weighted by molar-refractivity contribution is 0.128. The molecule has 2 aromatic carbocycles. The van der Waals surface area contributed by atoms with Crippen molar-refractivity contribution in [1.29, 1.82) is 0 Å². The molecule has 4 rings (SSSR count). The average Bonchev–Trinajstić information content (AvgIpc) is 2.89. The lowest BCUT2D eigenvalue weighted by atomic mass is 10.00. The van der Waals surface area contributed by atoms with Crippen LogP contribution < -0.4 is 20.9 Å². The van der Waals surface area contributed by atoms with Gasteiger partial charge in [-0.1, -0.05) is 41.9 Å². The first-order chi connectivity index (χ1) is 15.0. The summed E-state index contributed by atoms with van der Waals surface area (Å²) in [6.07, 6.45) is 0.968. The molecule has 0 aromatic heterocycles. The highest BCUT2D eigenvalue weighted by atomic mass is 35.5. The Morgan fingerprint density at radius 2 is 2.10 bits per heavy atom. The second-order valence-corrected chi connectivity index (χ2v) is 9.12. The van der Waals surface area contributed by atoms with Gasteiger partial charge in [0.05, 0.1) is 5.71 Å². The summed E-state index contributed by atoms with van der Waals surface area (Å²) >= 11 is 11.0. The molecule has 0 spiro atoms. The van der Waals surface area contributed by atoms with E-state index in [2.05, 4.69) is 28.6 Å². The second-order valence-electron chi connectivity index (χ2n) is 8.16. The lowest BCUT2D eigenvalue weighted by Gasteiger charge is -2.31. The molecular formula is C23H30ClN5OS. The van der Waals surface area contributed by atoms with E-state index in [-0.39, 0.29) is 5.50 Å². The molecule has 1 saturated heterocycles. The normalized spacial score (nSPS) is 24.8. The van der Waals surface area contributed by atoms with Crippen molar-refractivity contribution in [2.75, 3.05) is 31.6 Å². The topological polar surface area (TPSA) is 71.9 Å². The number of benzodiazepines with no additional fused rings is 1. The molecule has 1 fully saturated rings.